The van der Waals surface area contributed by atoms with Crippen molar-refractivity contribution in [3.8, 4) is 0 Å². The van der Waals surface area contributed by atoms with E-state index in [9.17, 15) is 4.79 Å². The molecule has 0 amide bonds. The molecule has 0 spiro atoms. The smallest absolute Gasteiger partial charge is 0.225 e. The molecule has 0 aliphatic carbocycles. The summed E-state index contributed by atoms with van der Waals surface area (Å²) in [4.78, 5) is 9.84. The van der Waals surface area contributed by atoms with Crippen LogP contribution in [-0.4, -0.2) is 6.29 Å². The minimum atomic E-state index is 1.05. The van der Waals surface area contributed by atoms with Crippen LogP contribution >= 0.6 is 0 Å². The fourth-order valence-corrected chi connectivity index (χ4v) is 0.924. The fraction of sp³-hybridized carbons (Fsp3) is 0.417. The lowest BCUT2D eigenvalue weighted by Crippen LogP contribution is -1.75. The summed E-state index contributed by atoms with van der Waals surface area (Å²) in [5.74, 6) is 0. The van der Waals surface area contributed by atoms with Gasteiger partial charge >= 0.3 is 0 Å². The average Bonchev–Trinajstić information content (AvgIpc) is 2.04. The molecule has 0 aromatic carbocycles. The van der Waals surface area contributed by atoms with Crippen LogP contribution in [0.1, 0.15) is 33.6 Å². The molecule has 0 atom stereocenters. The molecule has 13 heavy (non-hydrogen) atoms. The van der Waals surface area contributed by atoms with Gasteiger partial charge in [0.1, 0.15) is 0 Å². The second kappa shape index (κ2) is 7.53. The van der Waals surface area contributed by atoms with Crippen LogP contribution in [0.3, 0.4) is 0 Å². The van der Waals surface area contributed by atoms with E-state index in [1.54, 1.807) is 12.4 Å². The summed E-state index contributed by atoms with van der Waals surface area (Å²) < 4.78 is 0. The molecule has 71 valence electrons. The molecular weight excluding hydrogens is 160 g/mol. The molecule has 0 rings (SSSR count). The second-order valence-electron chi connectivity index (χ2n) is 3.31. The first-order chi connectivity index (χ1) is 6.16. The summed E-state index contributed by atoms with van der Waals surface area (Å²) in [6, 6.07) is 0. The van der Waals surface area contributed by atoms with Gasteiger partial charge in [0.25, 0.3) is 0 Å². The largest absolute Gasteiger partial charge is 0.286 e. The maximum Gasteiger partial charge on any atom is 0.225 e. The van der Waals surface area contributed by atoms with Crippen LogP contribution in [0.25, 0.3) is 0 Å². The Bertz CT molecular complexity index is 228. The van der Waals surface area contributed by atoms with Crippen LogP contribution < -0.4 is 0 Å². The fourth-order valence-electron chi connectivity index (χ4n) is 0.924. The van der Waals surface area contributed by atoms with E-state index in [1.807, 2.05) is 6.08 Å². The third-order valence-electron chi connectivity index (χ3n) is 1.64. The van der Waals surface area contributed by atoms with Crippen molar-refractivity contribution in [1.29, 1.82) is 0 Å². The van der Waals surface area contributed by atoms with E-state index in [2.05, 4.69) is 26.8 Å². The highest BCUT2D eigenvalue weighted by Gasteiger charge is 1.86. The van der Waals surface area contributed by atoms with Gasteiger partial charge in [-0.25, -0.2) is 0 Å². The van der Waals surface area contributed by atoms with Crippen molar-refractivity contribution < 1.29 is 4.79 Å². The predicted octanol–water partition coefficient (Wildman–Crippen LogP) is 3.35. The Morgan fingerprint density at radius 2 is 2.00 bits per heavy atom. The Morgan fingerprint density at radius 1 is 1.31 bits per heavy atom. The van der Waals surface area contributed by atoms with Crippen molar-refractivity contribution in [2.75, 3.05) is 0 Å². The van der Waals surface area contributed by atoms with Gasteiger partial charge in [0, 0.05) is 0 Å². The Hall–Kier alpha value is -1.11. The Labute approximate surface area is 80.8 Å². The van der Waals surface area contributed by atoms with Crippen LogP contribution in [-0.2, 0) is 4.79 Å². The van der Waals surface area contributed by atoms with Gasteiger partial charge in [-0.1, -0.05) is 29.4 Å². The highest BCUT2D eigenvalue weighted by atomic mass is 16.1. The number of allylic oxidation sites excluding steroid dienone is 6. The number of carbonyl (C=O) groups excluding carboxylic acids is 1. The summed E-state index contributed by atoms with van der Waals surface area (Å²) in [6.45, 7) is 6.26. The molecule has 0 fully saturated rings. The minimum Gasteiger partial charge on any atom is -0.286 e. The second-order valence-corrected chi connectivity index (χ2v) is 3.31. The zero-order valence-corrected chi connectivity index (χ0v) is 8.63. The Balaban J connectivity index is 3.79. The van der Waals surface area contributed by atoms with Crippen LogP contribution in [0.5, 0.6) is 0 Å². The number of hydrogen-bond donors (Lipinski definition) is 0. The summed E-state index contributed by atoms with van der Waals surface area (Å²) in [5.41, 5.74) is 2.63. The van der Waals surface area contributed by atoms with E-state index < -0.39 is 0 Å². The summed E-state index contributed by atoms with van der Waals surface area (Å²) in [7, 11) is 0. The van der Waals surface area contributed by atoms with Crippen LogP contribution in [0.4, 0.5) is 0 Å². The van der Waals surface area contributed by atoms with E-state index in [-0.39, 0.29) is 0 Å². The van der Waals surface area contributed by atoms with Gasteiger partial charge in [-0.15, -0.1) is 0 Å². The molecule has 0 aliphatic rings. The van der Waals surface area contributed by atoms with Gasteiger partial charge < -0.3 is 0 Å². The lowest BCUT2D eigenvalue weighted by Gasteiger charge is -1.95. The summed E-state index contributed by atoms with van der Waals surface area (Å²) in [6.07, 6.45) is 11.1. The molecule has 0 aliphatic heterocycles. The minimum absolute atomic E-state index is 1.05. The molecule has 1 radical (unpaired) electrons. The topological polar surface area (TPSA) is 17.1 Å². The van der Waals surface area contributed by atoms with Crippen LogP contribution in [0, 0.1) is 0 Å². The molecule has 0 aromatic rings. The maximum atomic E-state index is 9.84. The Kier molecular flexibility index (Phi) is 6.89. The zero-order chi connectivity index (χ0) is 10.1. The van der Waals surface area contributed by atoms with Crippen molar-refractivity contribution >= 4 is 6.29 Å². The van der Waals surface area contributed by atoms with Crippen LogP contribution in [0.15, 0.2) is 35.5 Å². The van der Waals surface area contributed by atoms with E-state index in [4.69, 9.17) is 0 Å². The van der Waals surface area contributed by atoms with Crippen molar-refractivity contribution in [3.63, 3.8) is 0 Å². The van der Waals surface area contributed by atoms with E-state index in [1.165, 1.54) is 17.2 Å². The third-order valence-corrected chi connectivity index (χ3v) is 1.64. The molecule has 0 saturated heterocycles. The Morgan fingerprint density at radius 3 is 2.54 bits per heavy atom. The number of hydrogen-bond acceptors (Lipinski definition) is 1. The SMILES string of the molecule is CC(C)=CCCC(C)=CC=C[C]=O. The van der Waals surface area contributed by atoms with Gasteiger partial charge in [-0.05, 0) is 39.7 Å². The first-order valence-electron chi connectivity index (χ1n) is 4.50. The van der Waals surface area contributed by atoms with Gasteiger partial charge in [0.05, 0.1) is 0 Å². The van der Waals surface area contributed by atoms with Crippen molar-refractivity contribution in [1.82, 2.24) is 0 Å². The third kappa shape index (κ3) is 8.80. The summed E-state index contributed by atoms with van der Waals surface area (Å²) in [5, 5.41) is 0. The van der Waals surface area contributed by atoms with Crippen molar-refractivity contribution in [2.45, 2.75) is 33.6 Å². The molecule has 0 bridgehead atoms. The lowest BCUT2D eigenvalue weighted by atomic mass is 10.1. The van der Waals surface area contributed by atoms with Gasteiger partial charge in [-0.2, -0.15) is 0 Å². The molecule has 0 unspecified atom stereocenters. The highest BCUT2D eigenvalue weighted by molar-refractivity contribution is 5.66. The average molecular weight is 177 g/mol. The van der Waals surface area contributed by atoms with E-state index in [0.29, 0.717) is 0 Å². The number of rotatable bonds is 5. The summed E-state index contributed by atoms with van der Waals surface area (Å²) >= 11 is 0. The lowest BCUT2D eigenvalue weighted by molar-refractivity contribution is 0.564. The quantitative estimate of drug-likeness (QED) is 0.357. The van der Waals surface area contributed by atoms with E-state index in [0.717, 1.165) is 12.8 Å². The normalized spacial score (nSPS) is 11.8. The van der Waals surface area contributed by atoms with E-state index >= 15 is 0 Å². The molecule has 0 heterocycles. The molecule has 0 saturated carbocycles. The van der Waals surface area contributed by atoms with Crippen molar-refractivity contribution in [2.24, 2.45) is 0 Å². The first-order valence-corrected chi connectivity index (χ1v) is 4.50. The standard InChI is InChI=1S/C12H17O/c1-11(2)7-6-9-12(3)8-4-5-10-13/h4-5,7-8H,6,9H2,1-3H3. The van der Waals surface area contributed by atoms with Crippen LogP contribution in [0.2, 0.25) is 0 Å². The molecule has 1 heteroatoms. The molecular formula is C12H17O. The molecule has 0 aromatic heterocycles. The highest BCUT2D eigenvalue weighted by Crippen LogP contribution is 2.06. The van der Waals surface area contributed by atoms with Gasteiger partial charge in [0.15, 0.2) is 0 Å². The maximum absolute atomic E-state index is 9.84. The van der Waals surface area contributed by atoms with Gasteiger partial charge in [0.2, 0.25) is 6.29 Å². The predicted molar refractivity (Wildman–Crippen MR) is 57.3 cm³/mol. The van der Waals surface area contributed by atoms with Gasteiger partial charge in [-0.3, -0.25) is 4.79 Å². The first kappa shape index (κ1) is 11.9. The zero-order valence-electron chi connectivity index (χ0n) is 8.63. The molecule has 0 N–H and O–H groups in total. The monoisotopic (exact) mass is 177 g/mol. The van der Waals surface area contributed by atoms with Crippen molar-refractivity contribution in [3.05, 3.63) is 35.5 Å². The molecule has 1 nitrogen and oxygen atoms in total.